The van der Waals surface area contributed by atoms with Crippen LogP contribution in [0.3, 0.4) is 0 Å². The Bertz CT molecular complexity index is 1230. The molecule has 6 nitrogen and oxygen atoms in total. The topological polar surface area (TPSA) is 48.6 Å². The van der Waals surface area contributed by atoms with Gasteiger partial charge in [-0.2, -0.15) is 0 Å². The number of ether oxygens (including phenoxy) is 2. The molecule has 194 valence electrons. The molecule has 0 unspecified atom stereocenters. The highest BCUT2D eigenvalue weighted by Gasteiger charge is 2.31. The number of piperidine rings is 1. The number of nitrogens with zero attached hydrogens (tertiary/aromatic N) is 3. The zero-order chi connectivity index (χ0) is 25.9. The maximum absolute atomic E-state index is 12.6. The molecule has 0 saturated carbocycles. The molecule has 0 spiro atoms. The largest absolute Gasteiger partial charge is 0.573 e. The van der Waals surface area contributed by atoms with Gasteiger partial charge in [0.05, 0.1) is 28.0 Å². The maximum Gasteiger partial charge on any atom is 0.573 e. The molecule has 11 heteroatoms. The molecule has 3 aromatic rings. The van der Waals surface area contributed by atoms with Crippen LogP contribution in [0.5, 0.6) is 11.5 Å². The minimum Gasteiger partial charge on any atom is -0.494 e. The second kappa shape index (κ2) is 11.2. The molecule has 1 aromatic heterocycles. The number of halogens is 5. The van der Waals surface area contributed by atoms with Crippen LogP contribution in [0, 0.1) is 5.92 Å². The van der Waals surface area contributed by atoms with E-state index in [-0.39, 0.29) is 11.3 Å². The molecular formula is C25H26Cl2F3N3O3. The minimum atomic E-state index is -4.76. The number of likely N-dealkylation sites (tertiary alicyclic amines) is 1. The number of alkyl halides is 3. The number of rotatable bonds is 8. The van der Waals surface area contributed by atoms with Gasteiger partial charge in [-0.05, 0) is 74.7 Å². The molecule has 0 amide bonds. The lowest BCUT2D eigenvalue weighted by Crippen LogP contribution is -2.34. The van der Waals surface area contributed by atoms with Gasteiger partial charge < -0.3 is 9.47 Å². The van der Waals surface area contributed by atoms with Gasteiger partial charge in [0.25, 0.3) is 5.56 Å². The Morgan fingerprint density at radius 1 is 0.972 bits per heavy atom. The molecule has 1 aliphatic rings. The van der Waals surface area contributed by atoms with Crippen molar-refractivity contribution in [3.05, 3.63) is 74.6 Å². The number of hydrogen-bond donors (Lipinski definition) is 0. The molecule has 4 rings (SSSR count). The standard InChI is InChI=1S/C25H26Cl2F3N3O3/c1-31-19(14-24(34)33(31)18-2-4-20(5-3-18)36-25(28,29)30)16-32-11-8-17(9-12-32)10-13-35-21-6-7-22(26)23(27)15-21/h2-7,14-15,17H,8-13,16H2,1H3. The molecule has 2 aromatic carbocycles. The fourth-order valence-electron chi connectivity index (χ4n) is 4.38. The van der Waals surface area contributed by atoms with Crippen molar-refractivity contribution >= 4 is 23.2 Å². The summed E-state index contributed by atoms with van der Waals surface area (Å²) in [4.78, 5) is 14.9. The molecule has 1 saturated heterocycles. The lowest BCUT2D eigenvalue weighted by Gasteiger charge is -2.32. The molecule has 1 aliphatic heterocycles. The zero-order valence-electron chi connectivity index (χ0n) is 19.6. The summed E-state index contributed by atoms with van der Waals surface area (Å²) in [6.45, 7) is 3.02. The van der Waals surface area contributed by atoms with Crippen LogP contribution in [0.25, 0.3) is 5.69 Å². The molecule has 0 bridgehead atoms. The first-order valence-corrected chi connectivity index (χ1v) is 12.3. The monoisotopic (exact) mass is 543 g/mol. The highest BCUT2D eigenvalue weighted by Crippen LogP contribution is 2.28. The van der Waals surface area contributed by atoms with Crippen LogP contribution in [0.1, 0.15) is 25.0 Å². The van der Waals surface area contributed by atoms with Crippen molar-refractivity contribution in [1.82, 2.24) is 14.3 Å². The minimum absolute atomic E-state index is 0.244. The average Bonchev–Trinajstić information content (AvgIpc) is 3.09. The Hall–Kier alpha value is -2.62. The fourth-order valence-corrected chi connectivity index (χ4v) is 4.67. The first-order chi connectivity index (χ1) is 17.1. The Balaban J connectivity index is 1.29. The van der Waals surface area contributed by atoms with Gasteiger partial charge in [-0.3, -0.25) is 14.4 Å². The summed E-state index contributed by atoms with van der Waals surface area (Å²) < 4.78 is 50.1. The predicted molar refractivity (Wildman–Crippen MR) is 132 cm³/mol. The highest BCUT2D eigenvalue weighted by molar-refractivity contribution is 6.42. The average molecular weight is 544 g/mol. The van der Waals surface area contributed by atoms with Gasteiger partial charge in [0, 0.05) is 25.7 Å². The quantitative estimate of drug-likeness (QED) is 0.346. The van der Waals surface area contributed by atoms with Crippen LogP contribution in [0.4, 0.5) is 13.2 Å². The van der Waals surface area contributed by atoms with Crippen LogP contribution in [0.15, 0.2) is 53.3 Å². The number of aromatic nitrogens is 2. The van der Waals surface area contributed by atoms with Crippen molar-refractivity contribution in [2.24, 2.45) is 13.0 Å². The molecule has 2 heterocycles. The van der Waals surface area contributed by atoms with Crippen molar-refractivity contribution in [3.8, 4) is 17.2 Å². The van der Waals surface area contributed by atoms with Crippen LogP contribution >= 0.6 is 23.2 Å². The van der Waals surface area contributed by atoms with E-state index in [1.54, 1.807) is 36.0 Å². The molecule has 0 atom stereocenters. The zero-order valence-corrected chi connectivity index (χ0v) is 21.1. The SMILES string of the molecule is Cn1c(CN2CCC(CCOc3ccc(Cl)c(Cl)c3)CC2)cc(=O)n1-c1ccc(OC(F)(F)F)cc1. The molecule has 0 radical (unpaired) electrons. The van der Waals surface area contributed by atoms with Gasteiger partial charge >= 0.3 is 6.36 Å². The summed E-state index contributed by atoms with van der Waals surface area (Å²) in [5.74, 6) is 0.920. The van der Waals surface area contributed by atoms with Gasteiger partial charge in [0.1, 0.15) is 11.5 Å². The maximum atomic E-state index is 12.6. The Morgan fingerprint density at radius 2 is 1.64 bits per heavy atom. The Morgan fingerprint density at radius 3 is 2.28 bits per heavy atom. The van der Waals surface area contributed by atoms with E-state index in [1.807, 2.05) is 0 Å². The fraction of sp³-hybridized carbons (Fsp3) is 0.400. The summed E-state index contributed by atoms with van der Waals surface area (Å²) in [5.41, 5.74) is 1.05. The normalized spacial score (nSPS) is 15.3. The van der Waals surface area contributed by atoms with E-state index in [0.29, 0.717) is 40.6 Å². The third-order valence-electron chi connectivity index (χ3n) is 6.31. The Labute approximate surface area is 216 Å². The second-order valence-corrected chi connectivity index (χ2v) is 9.60. The van der Waals surface area contributed by atoms with E-state index in [4.69, 9.17) is 27.9 Å². The van der Waals surface area contributed by atoms with E-state index in [1.165, 1.54) is 28.9 Å². The molecule has 0 aliphatic carbocycles. The predicted octanol–water partition coefficient (Wildman–Crippen LogP) is 6.06. The first-order valence-electron chi connectivity index (χ1n) is 11.5. The molecular weight excluding hydrogens is 518 g/mol. The van der Waals surface area contributed by atoms with Crippen molar-refractivity contribution < 1.29 is 22.6 Å². The molecule has 36 heavy (non-hydrogen) atoms. The summed E-state index contributed by atoms with van der Waals surface area (Å²) >= 11 is 12.0. The van der Waals surface area contributed by atoms with E-state index in [9.17, 15) is 18.0 Å². The molecule has 1 fully saturated rings. The van der Waals surface area contributed by atoms with Gasteiger partial charge in [0.2, 0.25) is 0 Å². The van der Waals surface area contributed by atoms with Crippen molar-refractivity contribution in [3.63, 3.8) is 0 Å². The van der Waals surface area contributed by atoms with Gasteiger partial charge in [-0.1, -0.05) is 23.2 Å². The summed E-state index contributed by atoms with van der Waals surface area (Å²) in [6, 6.07) is 12.0. The highest BCUT2D eigenvalue weighted by atomic mass is 35.5. The van der Waals surface area contributed by atoms with Crippen molar-refractivity contribution in [2.45, 2.75) is 32.2 Å². The van der Waals surface area contributed by atoms with E-state index >= 15 is 0 Å². The van der Waals surface area contributed by atoms with E-state index in [0.717, 1.165) is 38.0 Å². The summed E-state index contributed by atoms with van der Waals surface area (Å²) in [5, 5.41) is 0.968. The Kier molecular flexibility index (Phi) is 8.22. The van der Waals surface area contributed by atoms with Crippen LogP contribution < -0.4 is 15.0 Å². The van der Waals surface area contributed by atoms with Crippen LogP contribution in [-0.2, 0) is 13.6 Å². The first kappa shape index (κ1) is 26.4. The third-order valence-corrected chi connectivity index (χ3v) is 7.05. The lowest BCUT2D eigenvalue weighted by atomic mass is 9.94. The van der Waals surface area contributed by atoms with Crippen LogP contribution in [-0.4, -0.2) is 40.3 Å². The lowest BCUT2D eigenvalue weighted by molar-refractivity contribution is -0.274. The number of benzene rings is 2. The number of hydrogen-bond acceptors (Lipinski definition) is 4. The van der Waals surface area contributed by atoms with E-state index < -0.39 is 6.36 Å². The molecule has 0 N–H and O–H groups in total. The third kappa shape index (κ3) is 6.78. The summed E-state index contributed by atoms with van der Waals surface area (Å²) in [7, 11) is 1.77. The van der Waals surface area contributed by atoms with Crippen molar-refractivity contribution in [1.29, 1.82) is 0 Å². The summed E-state index contributed by atoms with van der Waals surface area (Å²) in [6.07, 6.45) is -1.76. The van der Waals surface area contributed by atoms with E-state index in [2.05, 4.69) is 9.64 Å². The van der Waals surface area contributed by atoms with Gasteiger partial charge in [-0.25, -0.2) is 4.68 Å². The van der Waals surface area contributed by atoms with Gasteiger partial charge in [0.15, 0.2) is 0 Å². The van der Waals surface area contributed by atoms with Gasteiger partial charge in [-0.15, -0.1) is 13.2 Å². The van der Waals surface area contributed by atoms with Crippen molar-refractivity contribution in [2.75, 3.05) is 19.7 Å². The second-order valence-electron chi connectivity index (χ2n) is 8.78. The van der Waals surface area contributed by atoms with Crippen LogP contribution in [0.2, 0.25) is 10.0 Å². The smallest absolute Gasteiger partial charge is 0.494 e.